The van der Waals surface area contributed by atoms with Crippen molar-refractivity contribution < 1.29 is 19.4 Å². The standard InChI is InChI=1S/C14H11NO4S/c16-13-4-1-8-5-9(2-3-11(8)15-13)19-10-6-12(14(17)18)20-7-10/h2-3,5-7H,1,4H2,(H,15,16)(H,17,18). The molecule has 0 atom stereocenters. The van der Waals surface area contributed by atoms with Crippen LogP contribution in [0.25, 0.3) is 0 Å². The van der Waals surface area contributed by atoms with Crippen molar-refractivity contribution in [3.05, 3.63) is 40.1 Å². The molecule has 5 nitrogen and oxygen atoms in total. The number of ether oxygens (including phenoxy) is 1. The fourth-order valence-electron chi connectivity index (χ4n) is 2.04. The zero-order valence-electron chi connectivity index (χ0n) is 10.4. The van der Waals surface area contributed by atoms with Gasteiger partial charge in [-0.05, 0) is 30.2 Å². The van der Waals surface area contributed by atoms with Crippen molar-refractivity contribution in [1.82, 2.24) is 0 Å². The number of anilines is 1. The summed E-state index contributed by atoms with van der Waals surface area (Å²) in [5.74, 6) is 0.204. The van der Waals surface area contributed by atoms with Crippen LogP contribution in [0.3, 0.4) is 0 Å². The number of thiophene rings is 1. The Hall–Kier alpha value is -2.34. The third kappa shape index (κ3) is 2.50. The fourth-order valence-corrected chi connectivity index (χ4v) is 2.69. The molecule has 0 saturated heterocycles. The van der Waals surface area contributed by atoms with Gasteiger partial charge < -0.3 is 15.2 Å². The van der Waals surface area contributed by atoms with Gasteiger partial charge in [-0.1, -0.05) is 0 Å². The van der Waals surface area contributed by atoms with Crippen LogP contribution in [-0.4, -0.2) is 17.0 Å². The molecule has 0 fully saturated rings. The van der Waals surface area contributed by atoms with Gasteiger partial charge in [0.05, 0.1) is 0 Å². The molecule has 1 aromatic heterocycles. The van der Waals surface area contributed by atoms with E-state index in [2.05, 4.69) is 5.32 Å². The number of hydrogen-bond donors (Lipinski definition) is 2. The molecular formula is C14H11NO4S. The van der Waals surface area contributed by atoms with E-state index in [4.69, 9.17) is 9.84 Å². The van der Waals surface area contributed by atoms with E-state index in [0.717, 1.165) is 22.6 Å². The molecule has 6 heteroatoms. The molecule has 0 unspecified atom stereocenters. The van der Waals surface area contributed by atoms with Gasteiger partial charge in [0.1, 0.15) is 16.4 Å². The highest BCUT2D eigenvalue weighted by Crippen LogP contribution is 2.31. The number of benzene rings is 1. The molecule has 0 radical (unpaired) electrons. The summed E-state index contributed by atoms with van der Waals surface area (Å²) in [5, 5.41) is 13.3. The number of carboxylic acids is 1. The van der Waals surface area contributed by atoms with E-state index in [9.17, 15) is 9.59 Å². The molecule has 1 aromatic carbocycles. The summed E-state index contributed by atoms with van der Waals surface area (Å²) in [6.07, 6.45) is 1.15. The molecule has 0 aliphatic carbocycles. The molecular weight excluding hydrogens is 278 g/mol. The van der Waals surface area contributed by atoms with Gasteiger partial charge in [0, 0.05) is 23.6 Å². The first-order chi connectivity index (χ1) is 9.61. The Morgan fingerprint density at radius 1 is 1.25 bits per heavy atom. The van der Waals surface area contributed by atoms with Crippen LogP contribution in [0.1, 0.15) is 21.7 Å². The van der Waals surface area contributed by atoms with Crippen LogP contribution in [0.5, 0.6) is 11.5 Å². The summed E-state index contributed by atoms with van der Waals surface area (Å²) >= 11 is 1.12. The normalized spacial score (nSPS) is 13.5. The van der Waals surface area contributed by atoms with Gasteiger partial charge in [-0.3, -0.25) is 4.79 Å². The average molecular weight is 289 g/mol. The molecule has 2 heterocycles. The van der Waals surface area contributed by atoms with Crippen molar-refractivity contribution in [1.29, 1.82) is 0 Å². The molecule has 20 heavy (non-hydrogen) atoms. The van der Waals surface area contributed by atoms with E-state index >= 15 is 0 Å². The van der Waals surface area contributed by atoms with E-state index in [1.54, 1.807) is 17.5 Å². The lowest BCUT2D eigenvalue weighted by Gasteiger charge is -2.17. The molecule has 0 saturated carbocycles. The SMILES string of the molecule is O=C1CCc2cc(Oc3csc(C(=O)O)c3)ccc2N1. The highest BCUT2D eigenvalue weighted by atomic mass is 32.1. The third-order valence-electron chi connectivity index (χ3n) is 2.99. The number of aryl methyl sites for hydroxylation is 1. The molecule has 102 valence electrons. The first kappa shape index (κ1) is 12.7. The molecule has 2 N–H and O–H groups in total. The van der Waals surface area contributed by atoms with Crippen molar-refractivity contribution in [2.24, 2.45) is 0 Å². The number of rotatable bonds is 3. The van der Waals surface area contributed by atoms with Crippen molar-refractivity contribution in [2.45, 2.75) is 12.8 Å². The van der Waals surface area contributed by atoms with Gasteiger partial charge in [0.2, 0.25) is 5.91 Å². The maximum Gasteiger partial charge on any atom is 0.346 e. The zero-order chi connectivity index (χ0) is 14.1. The second-order valence-corrected chi connectivity index (χ2v) is 5.33. The lowest BCUT2D eigenvalue weighted by molar-refractivity contribution is -0.116. The molecule has 1 amide bonds. The summed E-state index contributed by atoms with van der Waals surface area (Å²) in [5.41, 5.74) is 1.83. The van der Waals surface area contributed by atoms with Crippen molar-refractivity contribution in [2.75, 3.05) is 5.32 Å². The maximum absolute atomic E-state index is 11.3. The number of carbonyl (C=O) groups excluding carboxylic acids is 1. The zero-order valence-corrected chi connectivity index (χ0v) is 11.2. The van der Waals surface area contributed by atoms with E-state index in [1.807, 2.05) is 6.07 Å². The molecule has 2 aromatic rings. The minimum atomic E-state index is -0.960. The molecule has 3 rings (SSSR count). The van der Waals surface area contributed by atoms with Crippen LogP contribution in [0.15, 0.2) is 29.6 Å². The maximum atomic E-state index is 11.3. The van der Waals surface area contributed by atoms with E-state index in [1.165, 1.54) is 6.07 Å². The molecule has 0 spiro atoms. The van der Waals surface area contributed by atoms with E-state index < -0.39 is 5.97 Å². The predicted octanol–water partition coefficient (Wildman–Crippen LogP) is 3.12. The van der Waals surface area contributed by atoms with Gasteiger partial charge in [-0.2, -0.15) is 0 Å². The Balaban J connectivity index is 1.80. The van der Waals surface area contributed by atoms with Gasteiger partial charge >= 0.3 is 5.97 Å². The number of aromatic carboxylic acids is 1. The second-order valence-electron chi connectivity index (χ2n) is 4.42. The lowest BCUT2D eigenvalue weighted by Crippen LogP contribution is -2.18. The number of carbonyl (C=O) groups is 2. The fraction of sp³-hybridized carbons (Fsp3) is 0.143. The number of fused-ring (bicyclic) bond motifs is 1. The summed E-state index contributed by atoms with van der Waals surface area (Å²) in [6, 6.07) is 6.91. The van der Waals surface area contributed by atoms with Gasteiger partial charge in [0.15, 0.2) is 0 Å². The Labute approximate surface area is 118 Å². The first-order valence-electron chi connectivity index (χ1n) is 6.04. The van der Waals surface area contributed by atoms with Crippen LogP contribution >= 0.6 is 11.3 Å². The minimum Gasteiger partial charge on any atom is -0.477 e. The third-order valence-corrected chi connectivity index (χ3v) is 3.89. The summed E-state index contributed by atoms with van der Waals surface area (Å²) < 4.78 is 5.64. The van der Waals surface area contributed by atoms with Crippen molar-refractivity contribution >= 4 is 28.9 Å². The van der Waals surface area contributed by atoms with Gasteiger partial charge in [-0.15, -0.1) is 11.3 Å². The Morgan fingerprint density at radius 2 is 2.10 bits per heavy atom. The summed E-state index contributed by atoms with van der Waals surface area (Å²) in [4.78, 5) is 22.3. The van der Waals surface area contributed by atoms with Crippen LogP contribution < -0.4 is 10.1 Å². The smallest absolute Gasteiger partial charge is 0.346 e. The monoisotopic (exact) mass is 289 g/mol. The Kier molecular flexibility index (Phi) is 3.15. The summed E-state index contributed by atoms with van der Waals surface area (Å²) in [7, 11) is 0. The lowest BCUT2D eigenvalue weighted by atomic mass is 10.0. The Morgan fingerprint density at radius 3 is 2.85 bits per heavy atom. The van der Waals surface area contributed by atoms with Crippen LogP contribution in [0.2, 0.25) is 0 Å². The van der Waals surface area contributed by atoms with Crippen molar-refractivity contribution in [3.63, 3.8) is 0 Å². The highest BCUT2D eigenvalue weighted by Gasteiger charge is 2.15. The van der Waals surface area contributed by atoms with E-state index in [-0.39, 0.29) is 10.8 Å². The van der Waals surface area contributed by atoms with Crippen LogP contribution in [0.4, 0.5) is 5.69 Å². The van der Waals surface area contributed by atoms with Gasteiger partial charge in [-0.25, -0.2) is 4.79 Å². The average Bonchev–Trinajstić information content (AvgIpc) is 2.88. The van der Waals surface area contributed by atoms with Crippen LogP contribution in [-0.2, 0) is 11.2 Å². The molecule has 1 aliphatic heterocycles. The number of nitrogens with one attached hydrogen (secondary N) is 1. The topological polar surface area (TPSA) is 75.6 Å². The number of carboxylic acid groups (broad SMARTS) is 1. The predicted molar refractivity (Wildman–Crippen MR) is 74.7 cm³/mol. The summed E-state index contributed by atoms with van der Waals surface area (Å²) in [6.45, 7) is 0. The van der Waals surface area contributed by atoms with Crippen LogP contribution in [0, 0.1) is 0 Å². The highest BCUT2D eigenvalue weighted by molar-refractivity contribution is 7.12. The Bertz CT molecular complexity index is 692. The van der Waals surface area contributed by atoms with Crippen molar-refractivity contribution in [3.8, 4) is 11.5 Å². The number of amides is 1. The van der Waals surface area contributed by atoms with E-state index in [0.29, 0.717) is 24.3 Å². The first-order valence-corrected chi connectivity index (χ1v) is 6.92. The molecule has 1 aliphatic rings. The quantitative estimate of drug-likeness (QED) is 0.910. The van der Waals surface area contributed by atoms with Gasteiger partial charge in [0.25, 0.3) is 0 Å². The number of hydrogen-bond acceptors (Lipinski definition) is 4. The second kappa shape index (κ2) is 4.97. The molecule has 0 bridgehead atoms. The largest absolute Gasteiger partial charge is 0.477 e. The minimum absolute atomic E-state index is 0.0232.